The second kappa shape index (κ2) is 29.6. The van der Waals surface area contributed by atoms with Crippen LogP contribution in [0.5, 0.6) is 0 Å². The van der Waals surface area contributed by atoms with Gasteiger partial charge in [0.05, 0.1) is 59.5 Å². The van der Waals surface area contributed by atoms with Gasteiger partial charge in [-0.1, -0.05) is 242 Å². The van der Waals surface area contributed by atoms with Gasteiger partial charge in [-0.25, -0.2) is 0 Å². The summed E-state index contributed by atoms with van der Waals surface area (Å²) < 4.78 is 70.6. The number of benzene rings is 8. The zero-order valence-electron chi connectivity index (χ0n) is 43.7. The van der Waals surface area contributed by atoms with Crippen LogP contribution in [-0.2, 0) is 93.6 Å². The van der Waals surface area contributed by atoms with Gasteiger partial charge in [-0.3, -0.25) is 0 Å². The van der Waals surface area contributed by atoms with E-state index in [-0.39, 0.29) is 33.0 Å². The fourth-order valence-electron chi connectivity index (χ4n) is 9.68. The van der Waals surface area contributed by atoms with E-state index in [2.05, 4.69) is 72.8 Å². The van der Waals surface area contributed by atoms with Gasteiger partial charge in [0.25, 0.3) is 0 Å². The summed E-state index contributed by atoms with van der Waals surface area (Å²) in [6, 6.07) is 81.3. The van der Waals surface area contributed by atoms with Gasteiger partial charge >= 0.3 is 0 Å². The Balaban J connectivity index is 1.01. The standard InChI is InChI=1S/C67H68O10S/c1-9-25-50(26-10-1)41-68-48-58-60(69-42-51-27-11-2-12-28-51)62(71-44-53-31-15-4-16-32-53)64(73-46-55-35-19-6-20-36-55)66(76-58)75-49-59-61(70-43-52-29-13-3-14-30-52)63(72-45-54-33-17-5-18-34-54)65(74-47-56-37-21-7-22-38-56)67(77-59)78-57-39-23-8-24-40-57/h1-40,58-67H,41-49H2/t58-,59-,60-,61-,62+,63+,64-,65-,66+,67+/m1/s1. The molecule has 2 aliphatic rings. The third kappa shape index (κ3) is 16.2. The SMILES string of the molecule is c1ccc(COC[C@H]2O[C@H](OC[C@H]3O[C@@H](Sc4ccccc4)[C@H](OCc4ccccc4)[C@@H](OCc4ccccc4)[C@@H]3OCc3ccccc3)[C@H](OCc3ccccc3)[C@@H](OCc3ccccc3)[C@@H]2OCc2ccccc2)cc1. The average molecular weight is 1070 g/mol. The summed E-state index contributed by atoms with van der Waals surface area (Å²) in [6.07, 6.45) is -6.40. The molecule has 0 saturated carbocycles. The number of rotatable bonds is 27. The van der Waals surface area contributed by atoms with Crippen LogP contribution in [0, 0.1) is 0 Å². The Bertz CT molecular complexity index is 2880. The highest BCUT2D eigenvalue weighted by Gasteiger charge is 2.52. The first kappa shape index (κ1) is 55.0. The fraction of sp³-hybridized carbons (Fsp3) is 0.284. The van der Waals surface area contributed by atoms with Crippen LogP contribution < -0.4 is 0 Å². The van der Waals surface area contributed by atoms with Gasteiger partial charge < -0.3 is 47.4 Å². The van der Waals surface area contributed by atoms with Gasteiger partial charge in [0, 0.05) is 4.90 Å². The van der Waals surface area contributed by atoms with Crippen molar-refractivity contribution in [2.75, 3.05) is 13.2 Å². The fourth-order valence-corrected chi connectivity index (χ4v) is 10.8. The van der Waals surface area contributed by atoms with E-state index in [4.69, 9.17) is 47.4 Å². The molecule has 0 amide bonds. The highest BCUT2D eigenvalue weighted by molar-refractivity contribution is 7.99. The molecule has 0 N–H and O–H groups in total. The van der Waals surface area contributed by atoms with E-state index >= 15 is 0 Å². The van der Waals surface area contributed by atoms with Crippen LogP contribution in [0.1, 0.15) is 38.9 Å². The van der Waals surface area contributed by atoms with Crippen molar-refractivity contribution in [1.82, 2.24) is 0 Å². The largest absolute Gasteiger partial charge is 0.374 e. The minimum absolute atomic E-state index is 0.0241. The molecule has 0 aromatic heterocycles. The van der Waals surface area contributed by atoms with Crippen LogP contribution in [0.3, 0.4) is 0 Å². The molecule has 10 nitrogen and oxygen atoms in total. The monoisotopic (exact) mass is 1060 g/mol. The molecule has 2 heterocycles. The second-order valence-electron chi connectivity index (χ2n) is 19.4. The van der Waals surface area contributed by atoms with Crippen molar-refractivity contribution in [3.05, 3.63) is 282 Å². The lowest BCUT2D eigenvalue weighted by Crippen LogP contribution is -2.63. The molecule has 78 heavy (non-hydrogen) atoms. The van der Waals surface area contributed by atoms with E-state index < -0.39 is 60.6 Å². The molecule has 0 spiro atoms. The molecule has 10 atom stereocenters. The molecule has 10 rings (SSSR count). The van der Waals surface area contributed by atoms with Crippen molar-refractivity contribution < 1.29 is 47.4 Å². The predicted octanol–water partition coefficient (Wildman–Crippen LogP) is 13.0. The second-order valence-corrected chi connectivity index (χ2v) is 20.6. The topological polar surface area (TPSA) is 92.3 Å². The Morgan fingerprint density at radius 2 is 0.564 bits per heavy atom. The minimum Gasteiger partial charge on any atom is -0.374 e. The van der Waals surface area contributed by atoms with E-state index in [0.717, 1.165) is 43.8 Å². The smallest absolute Gasteiger partial charge is 0.187 e. The Morgan fingerprint density at radius 1 is 0.269 bits per heavy atom. The molecule has 2 fully saturated rings. The van der Waals surface area contributed by atoms with Gasteiger partial charge in [0.2, 0.25) is 0 Å². The molecule has 2 aliphatic heterocycles. The van der Waals surface area contributed by atoms with Crippen molar-refractivity contribution in [3.63, 3.8) is 0 Å². The van der Waals surface area contributed by atoms with Gasteiger partial charge in [-0.2, -0.15) is 0 Å². The first-order valence-corrected chi connectivity index (χ1v) is 27.8. The highest BCUT2D eigenvalue weighted by atomic mass is 32.2. The van der Waals surface area contributed by atoms with Crippen molar-refractivity contribution in [1.29, 1.82) is 0 Å². The Hall–Kier alpha value is -6.29. The minimum atomic E-state index is -0.995. The molecular weight excluding hydrogens is 997 g/mol. The maximum Gasteiger partial charge on any atom is 0.187 e. The summed E-state index contributed by atoms with van der Waals surface area (Å²) in [5, 5.41) is 0. The summed E-state index contributed by atoms with van der Waals surface area (Å²) in [7, 11) is 0. The van der Waals surface area contributed by atoms with Gasteiger partial charge in [0.1, 0.15) is 54.3 Å². The Kier molecular flexibility index (Phi) is 20.9. The normalized spacial score (nSPS) is 23.2. The first-order valence-electron chi connectivity index (χ1n) is 26.9. The molecule has 11 heteroatoms. The molecule has 0 unspecified atom stereocenters. The van der Waals surface area contributed by atoms with Gasteiger partial charge in [-0.15, -0.1) is 0 Å². The summed E-state index contributed by atoms with van der Waals surface area (Å²) in [6.45, 7) is 2.37. The van der Waals surface area contributed by atoms with Crippen LogP contribution >= 0.6 is 11.8 Å². The lowest BCUT2D eigenvalue weighted by molar-refractivity contribution is -0.337. The quantitative estimate of drug-likeness (QED) is 0.0493. The third-order valence-electron chi connectivity index (χ3n) is 13.7. The predicted molar refractivity (Wildman–Crippen MR) is 302 cm³/mol. The number of thioether (sulfide) groups is 1. The van der Waals surface area contributed by atoms with Crippen LogP contribution in [0.25, 0.3) is 0 Å². The molecule has 0 bridgehead atoms. The summed E-state index contributed by atoms with van der Waals surface area (Å²) in [5.41, 5.74) is 6.54. The Morgan fingerprint density at radius 3 is 0.949 bits per heavy atom. The summed E-state index contributed by atoms with van der Waals surface area (Å²) in [4.78, 5) is 1.02. The number of hydrogen-bond acceptors (Lipinski definition) is 11. The van der Waals surface area contributed by atoms with Crippen molar-refractivity contribution in [2.45, 2.75) is 112 Å². The van der Waals surface area contributed by atoms with Gasteiger partial charge in [-0.05, 0) is 51.1 Å². The average Bonchev–Trinajstić information content (AvgIpc) is 3.52. The lowest BCUT2D eigenvalue weighted by Gasteiger charge is -2.48. The van der Waals surface area contributed by atoms with Gasteiger partial charge in [0.15, 0.2) is 6.29 Å². The van der Waals surface area contributed by atoms with E-state index in [1.807, 2.05) is 170 Å². The number of hydrogen-bond donors (Lipinski definition) is 0. The molecule has 402 valence electrons. The Labute approximate surface area is 463 Å². The van der Waals surface area contributed by atoms with Crippen molar-refractivity contribution in [3.8, 4) is 0 Å². The summed E-state index contributed by atoms with van der Waals surface area (Å²) in [5.74, 6) is 0. The zero-order chi connectivity index (χ0) is 52.8. The van der Waals surface area contributed by atoms with E-state index in [0.29, 0.717) is 26.4 Å². The summed E-state index contributed by atoms with van der Waals surface area (Å²) >= 11 is 1.59. The van der Waals surface area contributed by atoms with Crippen LogP contribution in [-0.4, -0.2) is 73.8 Å². The molecule has 0 aliphatic carbocycles. The molecule has 8 aromatic carbocycles. The first-order chi connectivity index (χ1) is 38.7. The van der Waals surface area contributed by atoms with E-state index in [1.54, 1.807) is 11.8 Å². The van der Waals surface area contributed by atoms with E-state index in [9.17, 15) is 0 Å². The molecule has 0 radical (unpaired) electrons. The van der Waals surface area contributed by atoms with E-state index in [1.165, 1.54) is 0 Å². The lowest BCUT2D eigenvalue weighted by atomic mass is 9.97. The van der Waals surface area contributed by atoms with Crippen LogP contribution in [0.4, 0.5) is 0 Å². The maximum atomic E-state index is 7.34. The maximum absolute atomic E-state index is 7.34. The van der Waals surface area contributed by atoms with Crippen molar-refractivity contribution in [2.24, 2.45) is 0 Å². The third-order valence-corrected chi connectivity index (χ3v) is 14.9. The molecule has 8 aromatic rings. The number of ether oxygens (including phenoxy) is 10. The molecule has 2 saturated heterocycles. The van der Waals surface area contributed by atoms with Crippen molar-refractivity contribution >= 4 is 11.8 Å². The molecular formula is C67H68O10S. The van der Waals surface area contributed by atoms with Crippen LogP contribution in [0.15, 0.2) is 248 Å². The zero-order valence-corrected chi connectivity index (χ0v) is 44.5. The highest BCUT2D eigenvalue weighted by Crippen LogP contribution is 2.40. The van der Waals surface area contributed by atoms with Crippen LogP contribution in [0.2, 0.25) is 0 Å².